The van der Waals surface area contributed by atoms with E-state index in [0.29, 0.717) is 29.5 Å². The molecule has 33 heavy (non-hydrogen) atoms. The predicted molar refractivity (Wildman–Crippen MR) is 127 cm³/mol. The van der Waals surface area contributed by atoms with Gasteiger partial charge >= 0.3 is 0 Å². The Morgan fingerprint density at radius 1 is 1.03 bits per heavy atom. The summed E-state index contributed by atoms with van der Waals surface area (Å²) < 4.78 is 28.8. The van der Waals surface area contributed by atoms with Gasteiger partial charge in [-0.15, -0.1) is 0 Å². The van der Waals surface area contributed by atoms with Crippen LogP contribution in [0.15, 0.2) is 64.3 Å². The first-order valence-electron chi connectivity index (χ1n) is 10.5. The van der Waals surface area contributed by atoms with Crippen molar-refractivity contribution in [3.05, 3.63) is 81.2 Å². The number of hydrogen-bond acceptors (Lipinski definition) is 5. The zero-order valence-electron chi connectivity index (χ0n) is 18.0. The fourth-order valence-corrected chi connectivity index (χ4v) is 5.42. The van der Waals surface area contributed by atoms with Crippen molar-refractivity contribution in [3.8, 4) is 5.69 Å². The van der Waals surface area contributed by atoms with Crippen LogP contribution in [0.3, 0.4) is 0 Å². The Kier molecular flexibility index (Phi) is 6.64. The smallest absolute Gasteiger partial charge is 0.280 e. The van der Waals surface area contributed by atoms with E-state index in [1.807, 2.05) is 0 Å². The number of anilines is 1. The van der Waals surface area contributed by atoms with E-state index in [9.17, 15) is 18.0 Å². The summed E-state index contributed by atoms with van der Waals surface area (Å²) in [5.74, 6) is -0.727. The van der Waals surface area contributed by atoms with Gasteiger partial charge in [0.2, 0.25) is 15.5 Å². The summed E-state index contributed by atoms with van der Waals surface area (Å²) in [6, 6.07) is 14.2. The summed E-state index contributed by atoms with van der Waals surface area (Å²) in [6.45, 7) is 2.67. The van der Waals surface area contributed by atoms with Crippen LogP contribution in [0.4, 0.5) is 5.69 Å². The maximum Gasteiger partial charge on any atom is 0.280 e. The van der Waals surface area contributed by atoms with E-state index in [-0.39, 0.29) is 16.3 Å². The standard InChI is InChI=1S/C23H23ClN4O4S/c1-16-14-21(29)22(26-28(16)19-10-8-17(24)9-11-19)23(30)25-18-6-5-7-20(15-18)33(31,32)27-12-3-2-4-13-27/h5-11,14-15H,2-4,12-13H2,1H3,(H,25,30). The van der Waals surface area contributed by atoms with E-state index in [1.165, 1.54) is 27.2 Å². The van der Waals surface area contributed by atoms with Gasteiger partial charge in [0.15, 0.2) is 5.69 Å². The lowest BCUT2D eigenvalue weighted by Crippen LogP contribution is -2.35. The highest BCUT2D eigenvalue weighted by Crippen LogP contribution is 2.23. The van der Waals surface area contributed by atoms with Gasteiger partial charge in [-0.05, 0) is 62.2 Å². The average Bonchev–Trinajstić information content (AvgIpc) is 2.80. The zero-order valence-corrected chi connectivity index (χ0v) is 19.6. The van der Waals surface area contributed by atoms with Gasteiger partial charge in [0.05, 0.1) is 10.6 Å². The number of carbonyl (C=O) groups excluding carboxylic acids is 1. The molecule has 1 saturated heterocycles. The molecule has 0 bridgehead atoms. The number of nitrogens with zero attached hydrogens (tertiary/aromatic N) is 3. The Morgan fingerprint density at radius 3 is 2.42 bits per heavy atom. The molecule has 1 aromatic heterocycles. The molecular formula is C23H23ClN4O4S. The van der Waals surface area contributed by atoms with Gasteiger partial charge in [0, 0.05) is 35.6 Å². The van der Waals surface area contributed by atoms with E-state index in [1.54, 1.807) is 43.3 Å². The second-order valence-electron chi connectivity index (χ2n) is 7.83. The largest absolute Gasteiger partial charge is 0.320 e. The second-order valence-corrected chi connectivity index (χ2v) is 10.2. The molecule has 2 aromatic carbocycles. The molecule has 172 valence electrons. The van der Waals surface area contributed by atoms with Crippen molar-refractivity contribution in [1.82, 2.24) is 14.1 Å². The Hall–Kier alpha value is -3.01. The van der Waals surface area contributed by atoms with Crippen LogP contribution in [0.5, 0.6) is 0 Å². The van der Waals surface area contributed by atoms with Gasteiger partial charge in [-0.3, -0.25) is 9.59 Å². The lowest BCUT2D eigenvalue weighted by molar-refractivity contribution is 0.101. The summed E-state index contributed by atoms with van der Waals surface area (Å²) in [4.78, 5) is 25.5. The maximum absolute atomic E-state index is 13.0. The van der Waals surface area contributed by atoms with Crippen molar-refractivity contribution < 1.29 is 13.2 Å². The summed E-state index contributed by atoms with van der Waals surface area (Å²) in [6.07, 6.45) is 2.67. The lowest BCUT2D eigenvalue weighted by Gasteiger charge is -2.26. The topological polar surface area (TPSA) is 101 Å². The molecular weight excluding hydrogens is 464 g/mol. The molecule has 0 spiro atoms. The molecule has 1 aliphatic rings. The van der Waals surface area contributed by atoms with Gasteiger partial charge in [-0.2, -0.15) is 9.40 Å². The Morgan fingerprint density at radius 2 is 1.73 bits per heavy atom. The summed E-state index contributed by atoms with van der Waals surface area (Å²) in [7, 11) is -3.66. The van der Waals surface area contributed by atoms with Crippen LogP contribution in [0.1, 0.15) is 35.4 Å². The van der Waals surface area contributed by atoms with E-state index in [4.69, 9.17) is 11.6 Å². The molecule has 1 N–H and O–H groups in total. The number of sulfonamides is 1. The molecule has 0 unspecified atom stereocenters. The second kappa shape index (κ2) is 9.46. The summed E-state index contributed by atoms with van der Waals surface area (Å²) >= 11 is 5.94. The molecule has 1 amide bonds. The number of benzene rings is 2. The number of carbonyl (C=O) groups is 1. The van der Waals surface area contributed by atoms with Crippen LogP contribution >= 0.6 is 11.6 Å². The maximum atomic E-state index is 13.0. The van der Waals surface area contributed by atoms with Crippen LogP contribution in [-0.4, -0.2) is 41.5 Å². The van der Waals surface area contributed by atoms with Crippen molar-refractivity contribution in [2.75, 3.05) is 18.4 Å². The molecule has 0 saturated carbocycles. The molecule has 0 atom stereocenters. The van der Waals surface area contributed by atoms with Crippen molar-refractivity contribution in [3.63, 3.8) is 0 Å². The van der Waals surface area contributed by atoms with E-state index >= 15 is 0 Å². The fourth-order valence-electron chi connectivity index (χ4n) is 3.73. The fraction of sp³-hybridized carbons (Fsp3) is 0.261. The van der Waals surface area contributed by atoms with E-state index < -0.39 is 21.4 Å². The van der Waals surface area contributed by atoms with E-state index in [0.717, 1.165) is 19.3 Å². The molecule has 0 radical (unpaired) electrons. The first-order valence-corrected chi connectivity index (χ1v) is 12.4. The first-order chi connectivity index (χ1) is 15.8. The summed E-state index contributed by atoms with van der Waals surface area (Å²) in [5, 5.41) is 7.39. The summed E-state index contributed by atoms with van der Waals surface area (Å²) in [5.41, 5.74) is 0.610. The third-order valence-electron chi connectivity index (χ3n) is 5.44. The molecule has 10 heteroatoms. The highest BCUT2D eigenvalue weighted by Gasteiger charge is 2.26. The lowest BCUT2D eigenvalue weighted by atomic mass is 10.2. The average molecular weight is 487 g/mol. The van der Waals surface area contributed by atoms with Crippen molar-refractivity contribution in [2.45, 2.75) is 31.1 Å². The minimum absolute atomic E-state index is 0.0950. The Bertz CT molecular complexity index is 1350. The number of aromatic nitrogens is 2. The number of amides is 1. The van der Waals surface area contributed by atoms with Crippen molar-refractivity contribution in [1.29, 1.82) is 0 Å². The van der Waals surface area contributed by atoms with Crippen LogP contribution in [-0.2, 0) is 10.0 Å². The van der Waals surface area contributed by atoms with Crippen molar-refractivity contribution >= 4 is 33.2 Å². The predicted octanol–water partition coefficient (Wildman–Crippen LogP) is 3.62. The molecule has 8 nitrogen and oxygen atoms in total. The quantitative estimate of drug-likeness (QED) is 0.593. The zero-order chi connectivity index (χ0) is 23.6. The SMILES string of the molecule is Cc1cc(=O)c(C(=O)Nc2cccc(S(=O)(=O)N3CCCCC3)c2)nn1-c1ccc(Cl)cc1. The number of halogens is 1. The van der Waals surface area contributed by atoms with Gasteiger partial charge in [0.25, 0.3) is 5.91 Å². The number of piperidine rings is 1. The number of nitrogens with one attached hydrogen (secondary N) is 1. The minimum Gasteiger partial charge on any atom is -0.320 e. The van der Waals surface area contributed by atoms with E-state index in [2.05, 4.69) is 10.4 Å². The van der Waals surface area contributed by atoms with Crippen LogP contribution in [0.2, 0.25) is 5.02 Å². The Labute approximate surface area is 196 Å². The van der Waals surface area contributed by atoms with Gasteiger partial charge in [-0.1, -0.05) is 24.1 Å². The van der Waals surface area contributed by atoms with Crippen LogP contribution in [0.25, 0.3) is 5.69 Å². The highest BCUT2D eigenvalue weighted by molar-refractivity contribution is 7.89. The van der Waals surface area contributed by atoms with Crippen LogP contribution < -0.4 is 10.7 Å². The molecule has 0 aliphatic carbocycles. The van der Waals surface area contributed by atoms with Gasteiger partial charge in [-0.25, -0.2) is 13.1 Å². The van der Waals surface area contributed by atoms with Gasteiger partial charge in [0.1, 0.15) is 0 Å². The van der Waals surface area contributed by atoms with Gasteiger partial charge < -0.3 is 5.32 Å². The Balaban J connectivity index is 1.61. The molecule has 3 aromatic rings. The third kappa shape index (κ3) is 5.00. The molecule has 1 aliphatic heterocycles. The third-order valence-corrected chi connectivity index (χ3v) is 7.59. The molecule has 4 rings (SSSR count). The van der Waals surface area contributed by atoms with Crippen LogP contribution in [0, 0.1) is 6.92 Å². The number of aryl methyl sites for hydroxylation is 1. The minimum atomic E-state index is -3.66. The number of hydrogen-bond donors (Lipinski definition) is 1. The molecule has 1 fully saturated rings. The normalized spacial score (nSPS) is 14.7. The highest BCUT2D eigenvalue weighted by atomic mass is 35.5. The number of rotatable bonds is 5. The van der Waals surface area contributed by atoms with Crippen molar-refractivity contribution in [2.24, 2.45) is 0 Å². The molecule has 2 heterocycles. The first kappa shape index (κ1) is 23.2. The monoisotopic (exact) mass is 486 g/mol.